The molecule has 2 aromatic rings. The third-order valence-corrected chi connectivity index (χ3v) is 2.50. The lowest BCUT2D eigenvalue weighted by Crippen LogP contribution is -2.01. The predicted molar refractivity (Wildman–Crippen MR) is 56.2 cm³/mol. The van der Waals surface area contributed by atoms with Crippen LogP contribution in [0.3, 0.4) is 0 Å². The lowest BCUT2D eigenvalue weighted by Gasteiger charge is -2.00. The van der Waals surface area contributed by atoms with Gasteiger partial charge >= 0.3 is 0 Å². The number of aromatic nitrogens is 3. The third kappa shape index (κ3) is 2.26. The summed E-state index contributed by atoms with van der Waals surface area (Å²) < 4.78 is 0. The van der Waals surface area contributed by atoms with Crippen molar-refractivity contribution in [2.45, 2.75) is 13.5 Å². The Morgan fingerprint density at radius 2 is 2.36 bits per heavy atom. The molecule has 1 N–H and O–H groups in total. The van der Waals surface area contributed by atoms with E-state index in [4.69, 9.17) is 0 Å². The van der Waals surface area contributed by atoms with Crippen LogP contribution in [0, 0.1) is 6.92 Å². The SMILES string of the molecule is Cc1nc(CNc2cnccn2)cs1. The fourth-order valence-corrected chi connectivity index (χ4v) is 1.67. The molecular weight excluding hydrogens is 196 g/mol. The van der Waals surface area contributed by atoms with Crippen LogP contribution in [0.5, 0.6) is 0 Å². The Kier molecular flexibility index (Phi) is 2.69. The Morgan fingerprint density at radius 3 is 3.00 bits per heavy atom. The second-order valence-corrected chi connectivity index (χ2v) is 3.86. The molecule has 72 valence electrons. The molecule has 0 aliphatic heterocycles. The van der Waals surface area contributed by atoms with Crippen LogP contribution in [0.25, 0.3) is 0 Å². The van der Waals surface area contributed by atoms with Gasteiger partial charge in [0.2, 0.25) is 0 Å². The molecule has 0 amide bonds. The van der Waals surface area contributed by atoms with Crippen LogP contribution in [-0.2, 0) is 6.54 Å². The van der Waals surface area contributed by atoms with Crippen molar-refractivity contribution in [2.75, 3.05) is 5.32 Å². The second-order valence-electron chi connectivity index (χ2n) is 2.80. The van der Waals surface area contributed by atoms with Crippen molar-refractivity contribution in [1.82, 2.24) is 15.0 Å². The Labute approximate surface area is 86.1 Å². The molecule has 0 aromatic carbocycles. The second kappa shape index (κ2) is 4.15. The molecule has 2 aromatic heterocycles. The molecule has 0 saturated heterocycles. The van der Waals surface area contributed by atoms with Crippen molar-refractivity contribution in [3.63, 3.8) is 0 Å². The first-order valence-electron chi connectivity index (χ1n) is 4.25. The lowest BCUT2D eigenvalue weighted by atomic mass is 10.5. The average Bonchev–Trinajstić information content (AvgIpc) is 2.63. The van der Waals surface area contributed by atoms with Crippen LogP contribution < -0.4 is 5.32 Å². The summed E-state index contributed by atoms with van der Waals surface area (Å²) in [7, 11) is 0. The number of aryl methyl sites for hydroxylation is 1. The van der Waals surface area contributed by atoms with Crippen LogP contribution >= 0.6 is 11.3 Å². The standard InChI is InChI=1S/C9H10N4S/c1-7-13-8(6-14-7)4-12-9-5-10-2-3-11-9/h2-3,5-6H,4H2,1H3,(H,11,12). The van der Waals surface area contributed by atoms with Gasteiger partial charge in [0.05, 0.1) is 23.4 Å². The van der Waals surface area contributed by atoms with Gasteiger partial charge in [0.1, 0.15) is 5.82 Å². The summed E-state index contributed by atoms with van der Waals surface area (Å²) in [4.78, 5) is 12.4. The van der Waals surface area contributed by atoms with Crippen molar-refractivity contribution < 1.29 is 0 Å². The number of hydrogen-bond donors (Lipinski definition) is 1. The van der Waals surface area contributed by atoms with E-state index in [0.29, 0.717) is 6.54 Å². The van der Waals surface area contributed by atoms with E-state index in [1.807, 2.05) is 12.3 Å². The molecule has 0 bridgehead atoms. The zero-order valence-corrected chi connectivity index (χ0v) is 8.58. The molecular formula is C9H10N4S. The predicted octanol–water partition coefficient (Wildman–Crippen LogP) is 1.85. The van der Waals surface area contributed by atoms with E-state index >= 15 is 0 Å². The van der Waals surface area contributed by atoms with Gasteiger partial charge in [-0.15, -0.1) is 11.3 Å². The Morgan fingerprint density at radius 1 is 1.43 bits per heavy atom. The van der Waals surface area contributed by atoms with E-state index in [-0.39, 0.29) is 0 Å². The Hall–Kier alpha value is -1.49. The molecule has 0 spiro atoms. The maximum atomic E-state index is 4.33. The van der Waals surface area contributed by atoms with Gasteiger partial charge in [-0.3, -0.25) is 4.98 Å². The fraction of sp³-hybridized carbons (Fsp3) is 0.222. The summed E-state index contributed by atoms with van der Waals surface area (Å²) in [5.74, 6) is 0.776. The topological polar surface area (TPSA) is 50.7 Å². The highest BCUT2D eigenvalue weighted by atomic mass is 32.1. The lowest BCUT2D eigenvalue weighted by molar-refractivity contribution is 1.03. The molecule has 0 saturated carbocycles. The van der Waals surface area contributed by atoms with Crippen LogP contribution in [0.1, 0.15) is 10.7 Å². The minimum Gasteiger partial charge on any atom is -0.363 e. The van der Waals surface area contributed by atoms with E-state index in [1.165, 1.54) is 0 Å². The van der Waals surface area contributed by atoms with E-state index in [2.05, 4.69) is 20.3 Å². The van der Waals surface area contributed by atoms with Gasteiger partial charge in [-0.1, -0.05) is 0 Å². The van der Waals surface area contributed by atoms with Gasteiger partial charge in [0.25, 0.3) is 0 Å². The van der Waals surface area contributed by atoms with Crippen molar-refractivity contribution >= 4 is 17.2 Å². The van der Waals surface area contributed by atoms with Gasteiger partial charge in [-0.05, 0) is 6.92 Å². The van der Waals surface area contributed by atoms with Gasteiger partial charge in [0, 0.05) is 17.8 Å². The molecule has 5 heteroatoms. The fourth-order valence-electron chi connectivity index (χ4n) is 1.06. The summed E-state index contributed by atoms with van der Waals surface area (Å²) >= 11 is 1.65. The van der Waals surface area contributed by atoms with Crippen molar-refractivity contribution in [2.24, 2.45) is 0 Å². The summed E-state index contributed by atoms with van der Waals surface area (Å²) in [6.07, 6.45) is 5.01. The molecule has 2 rings (SSSR count). The molecule has 2 heterocycles. The number of thiazole rings is 1. The highest BCUT2D eigenvalue weighted by molar-refractivity contribution is 7.09. The largest absolute Gasteiger partial charge is 0.363 e. The number of anilines is 1. The highest BCUT2D eigenvalue weighted by Crippen LogP contribution is 2.09. The summed E-state index contributed by atoms with van der Waals surface area (Å²) in [5.41, 5.74) is 1.04. The number of rotatable bonds is 3. The normalized spacial score (nSPS) is 10.1. The van der Waals surface area contributed by atoms with Crippen LogP contribution in [0.4, 0.5) is 5.82 Å². The van der Waals surface area contributed by atoms with Crippen LogP contribution in [0.15, 0.2) is 24.0 Å². The molecule has 0 unspecified atom stereocenters. The number of nitrogens with zero attached hydrogens (tertiary/aromatic N) is 3. The number of hydrogen-bond acceptors (Lipinski definition) is 5. The van der Waals surface area contributed by atoms with E-state index in [0.717, 1.165) is 16.5 Å². The van der Waals surface area contributed by atoms with E-state index in [1.54, 1.807) is 29.9 Å². The smallest absolute Gasteiger partial charge is 0.144 e. The number of nitrogens with one attached hydrogen (secondary N) is 1. The first-order valence-corrected chi connectivity index (χ1v) is 5.13. The van der Waals surface area contributed by atoms with Crippen molar-refractivity contribution in [3.05, 3.63) is 34.7 Å². The highest BCUT2D eigenvalue weighted by Gasteiger charge is 1.98. The van der Waals surface area contributed by atoms with Crippen LogP contribution in [-0.4, -0.2) is 15.0 Å². The monoisotopic (exact) mass is 206 g/mol. The maximum absolute atomic E-state index is 4.33. The molecule has 0 aliphatic rings. The Balaban J connectivity index is 1.95. The van der Waals surface area contributed by atoms with Gasteiger partial charge < -0.3 is 5.32 Å². The van der Waals surface area contributed by atoms with Gasteiger partial charge in [-0.25, -0.2) is 9.97 Å². The first kappa shape index (κ1) is 9.08. The summed E-state index contributed by atoms with van der Waals surface area (Å²) in [5, 5.41) is 6.27. The minimum atomic E-state index is 0.697. The minimum absolute atomic E-state index is 0.697. The van der Waals surface area contributed by atoms with Crippen molar-refractivity contribution in [3.8, 4) is 0 Å². The first-order chi connectivity index (χ1) is 6.84. The average molecular weight is 206 g/mol. The van der Waals surface area contributed by atoms with E-state index < -0.39 is 0 Å². The Bertz CT molecular complexity index is 398. The van der Waals surface area contributed by atoms with Crippen molar-refractivity contribution in [1.29, 1.82) is 0 Å². The zero-order valence-electron chi connectivity index (χ0n) is 7.77. The molecule has 0 aliphatic carbocycles. The van der Waals surface area contributed by atoms with Crippen LogP contribution in [0.2, 0.25) is 0 Å². The molecule has 14 heavy (non-hydrogen) atoms. The van der Waals surface area contributed by atoms with Gasteiger partial charge in [0.15, 0.2) is 0 Å². The third-order valence-electron chi connectivity index (χ3n) is 1.68. The molecule has 4 nitrogen and oxygen atoms in total. The maximum Gasteiger partial charge on any atom is 0.144 e. The molecule has 0 radical (unpaired) electrons. The summed E-state index contributed by atoms with van der Waals surface area (Å²) in [6, 6.07) is 0. The molecule has 0 fully saturated rings. The quantitative estimate of drug-likeness (QED) is 0.832. The van der Waals surface area contributed by atoms with E-state index in [9.17, 15) is 0 Å². The summed E-state index contributed by atoms with van der Waals surface area (Å²) in [6.45, 7) is 2.69. The molecule has 0 atom stereocenters. The zero-order chi connectivity index (χ0) is 9.80. The van der Waals surface area contributed by atoms with Gasteiger partial charge in [-0.2, -0.15) is 0 Å².